The highest BCUT2D eigenvalue weighted by Gasteiger charge is 2.29. The summed E-state index contributed by atoms with van der Waals surface area (Å²) in [5, 5.41) is 16.8. The quantitative estimate of drug-likeness (QED) is 0.690. The highest BCUT2D eigenvalue weighted by molar-refractivity contribution is 5.73. The largest absolute Gasteiger partial charge is 0.389 e. The van der Waals surface area contributed by atoms with Gasteiger partial charge in [-0.15, -0.1) is 0 Å². The first kappa shape index (κ1) is 16.4. The Morgan fingerprint density at radius 2 is 1.84 bits per heavy atom. The molecule has 4 nitrogen and oxygen atoms in total. The van der Waals surface area contributed by atoms with E-state index in [0.29, 0.717) is 24.5 Å². The average molecular weight is 270 g/mol. The predicted molar refractivity (Wildman–Crippen MR) is 77.9 cm³/mol. The molecular formula is C15H30N2O2. The van der Waals surface area contributed by atoms with Gasteiger partial charge in [-0.2, -0.15) is 0 Å². The van der Waals surface area contributed by atoms with Gasteiger partial charge in [0.05, 0.1) is 5.60 Å². The van der Waals surface area contributed by atoms with E-state index in [1.807, 2.05) is 6.92 Å². The standard InChI is InChI=1S/C15H30N2O2/c1-5-11(2)15(4,19)10-16-13-6-8-14(9-7-13)17-12(3)18/h11,13-14,16,19H,5-10H2,1-4H3,(H,17,18)/t11-,13?,14?,15-/m0/s1. The number of hydrogen-bond acceptors (Lipinski definition) is 3. The fraction of sp³-hybridized carbons (Fsp3) is 0.933. The lowest BCUT2D eigenvalue weighted by Crippen LogP contribution is -2.48. The van der Waals surface area contributed by atoms with Crippen LogP contribution < -0.4 is 10.6 Å². The van der Waals surface area contributed by atoms with Crippen molar-refractivity contribution in [2.45, 2.75) is 77.5 Å². The van der Waals surface area contributed by atoms with Crippen LogP contribution in [0.15, 0.2) is 0 Å². The molecule has 3 N–H and O–H groups in total. The summed E-state index contributed by atoms with van der Waals surface area (Å²) in [6.45, 7) is 8.34. The molecule has 0 saturated heterocycles. The molecule has 0 bridgehead atoms. The van der Waals surface area contributed by atoms with Crippen molar-refractivity contribution in [1.29, 1.82) is 0 Å². The van der Waals surface area contributed by atoms with Crippen molar-refractivity contribution in [2.75, 3.05) is 6.54 Å². The third-order valence-corrected chi connectivity index (χ3v) is 4.56. The molecule has 0 aliphatic heterocycles. The molecule has 19 heavy (non-hydrogen) atoms. The molecule has 1 saturated carbocycles. The van der Waals surface area contributed by atoms with Crippen molar-refractivity contribution in [3.8, 4) is 0 Å². The van der Waals surface area contributed by atoms with E-state index in [9.17, 15) is 9.90 Å². The summed E-state index contributed by atoms with van der Waals surface area (Å²) >= 11 is 0. The van der Waals surface area contributed by atoms with Crippen LogP contribution in [0.1, 0.15) is 59.8 Å². The Balaban J connectivity index is 2.28. The molecule has 1 aliphatic carbocycles. The fourth-order valence-corrected chi connectivity index (χ4v) is 2.69. The number of carbonyl (C=O) groups excluding carboxylic acids is 1. The molecule has 1 fully saturated rings. The topological polar surface area (TPSA) is 61.4 Å². The Bertz CT molecular complexity index is 284. The Hall–Kier alpha value is -0.610. The first-order valence-electron chi connectivity index (χ1n) is 7.58. The zero-order valence-electron chi connectivity index (χ0n) is 12.8. The van der Waals surface area contributed by atoms with Crippen molar-refractivity contribution in [2.24, 2.45) is 5.92 Å². The summed E-state index contributed by atoms with van der Waals surface area (Å²) in [7, 11) is 0. The van der Waals surface area contributed by atoms with E-state index in [1.165, 1.54) is 0 Å². The van der Waals surface area contributed by atoms with E-state index < -0.39 is 5.60 Å². The van der Waals surface area contributed by atoms with Gasteiger partial charge in [0.1, 0.15) is 0 Å². The molecule has 2 atom stereocenters. The summed E-state index contributed by atoms with van der Waals surface area (Å²) in [6, 6.07) is 0.811. The minimum absolute atomic E-state index is 0.0658. The first-order chi connectivity index (χ1) is 8.85. The monoisotopic (exact) mass is 270 g/mol. The SMILES string of the molecule is CC[C@H](C)[C@@](C)(O)CNC1CCC(NC(C)=O)CC1. The third kappa shape index (κ3) is 5.49. The highest BCUT2D eigenvalue weighted by atomic mass is 16.3. The second-order valence-corrected chi connectivity index (χ2v) is 6.30. The molecule has 1 amide bonds. The maximum Gasteiger partial charge on any atom is 0.217 e. The van der Waals surface area contributed by atoms with Crippen molar-refractivity contribution < 1.29 is 9.90 Å². The van der Waals surface area contributed by atoms with Gasteiger partial charge in [0, 0.05) is 25.6 Å². The molecule has 0 aromatic rings. The molecule has 0 spiro atoms. The molecule has 4 heteroatoms. The van der Waals surface area contributed by atoms with Gasteiger partial charge in [-0.1, -0.05) is 20.3 Å². The van der Waals surface area contributed by atoms with E-state index in [1.54, 1.807) is 6.92 Å². The smallest absolute Gasteiger partial charge is 0.217 e. The van der Waals surface area contributed by atoms with Gasteiger partial charge >= 0.3 is 0 Å². The Kier molecular flexibility index (Phi) is 6.27. The van der Waals surface area contributed by atoms with Gasteiger partial charge in [-0.3, -0.25) is 4.79 Å². The van der Waals surface area contributed by atoms with Crippen LogP contribution in [-0.2, 0) is 4.79 Å². The number of rotatable bonds is 6. The van der Waals surface area contributed by atoms with Crippen LogP contribution in [-0.4, -0.2) is 35.2 Å². The fourth-order valence-electron chi connectivity index (χ4n) is 2.69. The number of hydrogen-bond donors (Lipinski definition) is 3. The average Bonchev–Trinajstić information content (AvgIpc) is 2.36. The molecule has 0 heterocycles. The van der Waals surface area contributed by atoms with Crippen LogP contribution in [0.5, 0.6) is 0 Å². The highest BCUT2D eigenvalue weighted by Crippen LogP contribution is 2.22. The molecule has 0 unspecified atom stereocenters. The second-order valence-electron chi connectivity index (χ2n) is 6.30. The minimum Gasteiger partial charge on any atom is -0.389 e. The van der Waals surface area contributed by atoms with Crippen molar-refractivity contribution in [1.82, 2.24) is 10.6 Å². The number of nitrogens with one attached hydrogen (secondary N) is 2. The minimum atomic E-state index is -0.636. The summed E-state index contributed by atoms with van der Waals surface area (Å²) in [5.41, 5.74) is -0.636. The van der Waals surface area contributed by atoms with Crippen molar-refractivity contribution >= 4 is 5.91 Å². The third-order valence-electron chi connectivity index (χ3n) is 4.56. The zero-order valence-corrected chi connectivity index (χ0v) is 12.8. The van der Waals surface area contributed by atoms with Gasteiger partial charge in [-0.05, 0) is 38.5 Å². The molecular weight excluding hydrogens is 240 g/mol. The summed E-state index contributed by atoms with van der Waals surface area (Å²) in [5.74, 6) is 0.367. The molecule has 0 aromatic carbocycles. The van der Waals surface area contributed by atoms with E-state index in [-0.39, 0.29) is 5.91 Å². The predicted octanol–water partition coefficient (Wildman–Crippen LogP) is 1.82. The molecule has 1 aliphatic rings. The van der Waals surface area contributed by atoms with Crippen LogP contribution in [0.25, 0.3) is 0 Å². The van der Waals surface area contributed by atoms with Crippen molar-refractivity contribution in [3.63, 3.8) is 0 Å². The molecule has 112 valence electrons. The van der Waals surface area contributed by atoms with Crippen LogP contribution in [0.4, 0.5) is 0 Å². The van der Waals surface area contributed by atoms with E-state index in [2.05, 4.69) is 24.5 Å². The Morgan fingerprint density at radius 3 is 2.32 bits per heavy atom. The summed E-state index contributed by atoms with van der Waals surface area (Å²) in [6.07, 6.45) is 5.19. The maximum atomic E-state index is 11.0. The number of carbonyl (C=O) groups is 1. The molecule has 0 aromatic heterocycles. The van der Waals surface area contributed by atoms with Gasteiger partial charge in [0.25, 0.3) is 0 Å². The van der Waals surface area contributed by atoms with E-state index in [0.717, 1.165) is 32.1 Å². The van der Waals surface area contributed by atoms with E-state index in [4.69, 9.17) is 0 Å². The summed E-state index contributed by atoms with van der Waals surface area (Å²) < 4.78 is 0. The maximum absolute atomic E-state index is 11.0. The van der Waals surface area contributed by atoms with Gasteiger partial charge in [-0.25, -0.2) is 0 Å². The normalized spacial score (nSPS) is 28.5. The van der Waals surface area contributed by atoms with Crippen LogP contribution in [0.2, 0.25) is 0 Å². The lowest BCUT2D eigenvalue weighted by molar-refractivity contribution is -0.119. The van der Waals surface area contributed by atoms with Gasteiger partial charge in [0.15, 0.2) is 0 Å². The molecule has 1 rings (SSSR count). The lowest BCUT2D eigenvalue weighted by atomic mass is 9.87. The van der Waals surface area contributed by atoms with E-state index >= 15 is 0 Å². The Labute approximate surface area is 117 Å². The van der Waals surface area contributed by atoms with Gasteiger partial charge < -0.3 is 15.7 Å². The van der Waals surface area contributed by atoms with Gasteiger partial charge in [0.2, 0.25) is 5.91 Å². The number of aliphatic hydroxyl groups is 1. The van der Waals surface area contributed by atoms with Crippen molar-refractivity contribution in [3.05, 3.63) is 0 Å². The van der Waals surface area contributed by atoms with Crippen LogP contribution in [0.3, 0.4) is 0 Å². The second kappa shape index (κ2) is 7.25. The summed E-state index contributed by atoms with van der Waals surface area (Å²) in [4.78, 5) is 11.0. The first-order valence-corrected chi connectivity index (χ1v) is 7.58. The zero-order chi connectivity index (χ0) is 14.5. The number of amides is 1. The van der Waals surface area contributed by atoms with Crippen LogP contribution >= 0.6 is 0 Å². The Morgan fingerprint density at radius 1 is 1.32 bits per heavy atom. The molecule has 0 radical (unpaired) electrons. The van der Waals surface area contributed by atoms with Crippen LogP contribution in [0, 0.1) is 5.92 Å². The lowest BCUT2D eigenvalue weighted by Gasteiger charge is -2.34.